The number of anilines is 2. The summed E-state index contributed by atoms with van der Waals surface area (Å²) in [5.41, 5.74) is 9.63. The zero-order valence-electron chi connectivity index (χ0n) is 21.1. The van der Waals surface area contributed by atoms with E-state index in [9.17, 15) is 13.2 Å². The van der Waals surface area contributed by atoms with Crippen molar-refractivity contribution >= 4 is 11.5 Å². The Balaban J connectivity index is 1.56. The average Bonchev–Trinajstić information content (AvgIpc) is 3.40. The number of nitrogens with one attached hydrogen (secondary N) is 1. The van der Waals surface area contributed by atoms with Gasteiger partial charge in [0.1, 0.15) is 18.2 Å². The summed E-state index contributed by atoms with van der Waals surface area (Å²) in [6.45, 7) is 1.50. The minimum absolute atomic E-state index is 0.133. The van der Waals surface area contributed by atoms with E-state index in [2.05, 4.69) is 20.4 Å². The molecule has 4 aromatic rings. The highest BCUT2D eigenvalue weighted by Gasteiger charge is 2.18. The molecule has 0 amide bonds. The van der Waals surface area contributed by atoms with E-state index in [-0.39, 0.29) is 41.1 Å². The fourth-order valence-corrected chi connectivity index (χ4v) is 4.00. The monoisotopic (exact) mass is 526 g/mol. The van der Waals surface area contributed by atoms with Crippen molar-refractivity contribution in [3.8, 4) is 34.0 Å². The first-order chi connectivity index (χ1) is 18.4. The Morgan fingerprint density at radius 3 is 2.55 bits per heavy atom. The first-order valence-electron chi connectivity index (χ1n) is 12.1. The van der Waals surface area contributed by atoms with Crippen molar-refractivity contribution in [3.05, 3.63) is 66.1 Å². The minimum Gasteiger partial charge on any atom is -0.382 e. The Morgan fingerprint density at radius 1 is 1.08 bits per heavy atom. The number of nitrogen functional groups attached to an aromatic ring is 1. The lowest BCUT2D eigenvalue weighted by Crippen LogP contribution is -2.32. The van der Waals surface area contributed by atoms with Crippen molar-refractivity contribution in [2.45, 2.75) is 25.9 Å². The van der Waals surface area contributed by atoms with Crippen LogP contribution in [0.15, 0.2) is 59.3 Å². The molecule has 200 valence electrons. The zero-order chi connectivity index (χ0) is 27.1. The Hall–Kier alpha value is -3.96. The highest BCUT2D eigenvalue weighted by molar-refractivity contribution is 5.73. The van der Waals surface area contributed by atoms with Crippen molar-refractivity contribution in [1.29, 1.82) is 0 Å². The van der Waals surface area contributed by atoms with Crippen molar-refractivity contribution in [2.24, 2.45) is 0 Å². The van der Waals surface area contributed by atoms with Crippen LogP contribution in [0.1, 0.15) is 18.9 Å². The number of hydrogen-bond acceptors (Lipinski definition) is 8. The molecule has 1 atom stereocenters. The van der Waals surface area contributed by atoms with Gasteiger partial charge >= 0.3 is 0 Å². The van der Waals surface area contributed by atoms with E-state index >= 15 is 0 Å². The van der Waals surface area contributed by atoms with Crippen LogP contribution < -0.4 is 16.1 Å². The number of alkyl halides is 2. The van der Waals surface area contributed by atoms with E-state index in [1.165, 1.54) is 6.07 Å². The molecule has 3 N–H and O–H groups in total. The van der Waals surface area contributed by atoms with Crippen LogP contribution in [0.25, 0.3) is 34.0 Å². The summed E-state index contributed by atoms with van der Waals surface area (Å²) in [6, 6.07) is 13.5. The van der Waals surface area contributed by atoms with E-state index in [1.807, 2.05) is 31.2 Å². The van der Waals surface area contributed by atoms with Gasteiger partial charge in [-0.25, -0.2) is 18.7 Å². The molecule has 1 unspecified atom stereocenters. The predicted molar refractivity (Wildman–Crippen MR) is 140 cm³/mol. The van der Waals surface area contributed by atoms with Crippen LogP contribution in [-0.2, 0) is 11.4 Å². The fraction of sp³-hybridized carbons (Fsp3) is 0.296. The lowest BCUT2D eigenvalue weighted by molar-refractivity contribution is 0.138. The second-order valence-electron chi connectivity index (χ2n) is 8.63. The molecule has 4 rings (SSSR count). The molecule has 0 radical (unpaired) electrons. The number of benzene rings is 2. The Morgan fingerprint density at radius 2 is 1.87 bits per heavy atom. The van der Waals surface area contributed by atoms with E-state index < -0.39 is 19.2 Å². The fourth-order valence-electron chi connectivity index (χ4n) is 4.00. The van der Waals surface area contributed by atoms with E-state index in [1.54, 1.807) is 36.6 Å². The van der Waals surface area contributed by atoms with Crippen molar-refractivity contribution in [2.75, 3.05) is 37.8 Å². The third-order valence-electron chi connectivity index (χ3n) is 6.00. The third-order valence-corrected chi connectivity index (χ3v) is 6.00. The van der Waals surface area contributed by atoms with Crippen LogP contribution in [0, 0.1) is 5.82 Å². The molecular weight excluding hydrogens is 497 g/mol. The molecule has 0 saturated carbocycles. The summed E-state index contributed by atoms with van der Waals surface area (Å²) in [6.07, 6.45) is 1.88. The summed E-state index contributed by atoms with van der Waals surface area (Å²) < 4.78 is 45.3. The normalized spacial score (nSPS) is 12.0. The number of nitrogens with two attached hydrogens (primary N) is 1. The van der Waals surface area contributed by atoms with Gasteiger partial charge in [0.15, 0.2) is 17.3 Å². The van der Waals surface area contributed by atoms with Crippen molar-refractivity contribution in [1.82, 2.24) is 20.4 Å². The smallest absolute Gasteiger partial charge is 0.189 e. The van der Waals surface area contributed by atoms with Crippen LogP contribution >= 0.6 is 0 Å². The van der Waals surface area contributed by atoms with E-state index in [0.717, 1.165) is 11.3 Å². The maximum absolute atomic E-state index is 14.8. The molecule has 0 spiro atoms. The number of hydroxylamine groups is 1. The van der Waals surface area contributed by atoms with Crippen LogP contribution in [0.2, 0.25) is 0 Å². The second kappa shape index (κ2) is 12.5. The molecule has 0 aliphatic carbocycles. The highest BCUT2D eigenvalue weighted by Crippen LogP contribution is 2.31. The van der Waals surface area contributed by atoms with Crippen LogP contribution in [-0.4, -0.2) is 48.2 Å². The zero-order valence-corrected chi connectivity index (χ0v) is 21.1. The highest BCUT2D eigenvalue weighted by atomic mass is 19.1. The van der Waals surface area contributed by atoms with Gasteiger partial charge in [0, 0.05) is 30.3 Å². The van der Waals surface area contributed by atoms with Crippen LogP contribution in [0.5, 0.6) is 0 Å². The number of nitrogens with zero attached hydrogens (tertiary/aromatic N) is 4. The van der Waals surface area contributed by atoms with Gasteiger partial charge in [-0.1, -0.05) is 23.4 Å². The van der Waals surface area contributed by atoms with Gasteiger partial charge in [0.25, 0.3) is 0 Å². The topological polar surface area (TPSA) is 102 Å². The third kappa shape index (κ3) is 6.12. The summed E-state index contributed by atoms with van der Waals surface area (Å²) in [5, 5.41) is 8.52. The molecular formula is C27H29F3N6O2. The largest absolute Gasteiger partial charge is 0.382 e. The Bertz CT molecular complexity index is 1350. The first kappa shape index (κ1) is 27.1. The molecule has 0 saturated heterocycles. The first-order valence-corrected chi connectivity index (χ1v) is 12.1. The number of hydrogen-bond donors (Lipinski definition) is 2. The van der Waals surface area contributed by atoms with Gasteiger partial charge < -0.3 is 15.6 Å². The lowest BCUT2D eigenvalue weighted by atomic mass is 10.1. The van der Waals surface area contributed by atoms with Gasteiger partial charge in [0.2, 0.25) is 0 Å². The van der Waals surface area contributed by atoms with Crippen molar-refractivity contribution < 1.29 is 22.5 Å². The van der Waals surface area contributed by atoms with E-state index in [4.69, 9.17) is 15.1 Å². The summed E-state index contributed by atoms with van der Waals surface area (Å²) in [4.78, 5) is 14.3. The molecule has 0 bridgehead atoms. The van der Waals surface area contributed by atoms with Gasteiger partial charge in [-0.05, 0) is 43.2 Å². The maximum Gasteiger partial charge on any atom is 0.189 e. The second-order valence-corrected chi connectivity index (χ2v) is 8.63. The SMILES string of the molecule is CON(c1ccc(-c2cnc(N)c(-c3cc(-c4ccc(CNCCF)cc4F)no3)n2)cc1)C(C)CCF. The van der Waals surface area contributed by atoms with Gasteiger partial charge in [-0.2, -0.15) is 0 Å². The maximum atomic E-state index is 14.8. The predicted octanol–water partition coefficient (Wildman–Crippen LogP) is 5.36. The van der Waals surface area contributed by atoms with Crippen LogP contribution in [0.3, 0.4) is 0 Å². The quantitative estimate of drug-likeness (QED) is 0.188. The van der Waals surface area contributed by atoms with Gasteiger partial charge in [0.05, 0.1) is 37.4 Å². The van der Waals surface area contributed by atoms with Gasteiger partial charge in [-0.3, -0.25) is 14.3 Å². The summed E-state index contributed by atoms with van der Waals surface area (Å²) in [7, 11) is 1.54. The molecule has 0 aliphatic heterocycles. The molecule has 2 aromatic carbocycles. The summed E-state index contributed by atoms with van der Waals surface area (Å²) >= 11 is 0. The van der Waals surface area contributed by atoms with Crippen LogP contribution in [0.4, 0.5) is 24.7 Å². The minimum atomic E-state index is -0.492. The number of halogens is 3. The molecule has 11 heteroatoms. The van der Waals surface area contributed by atoms with E-state index in [0.29, 0.717) is 24.2 Å². The molecule has 8 nitrogen and oxygen atoms in total. The average molecular weight is 527 g/mol. The molecule has 38 heavy (non-hydrogen) atoms. The lowest BCUT2D eigenvalue weighted by Gasteiger charge is -2.28. The Kier molecular flexibility index (Phi) is 8.93. The number of aromatic nitrogens is 3. The molecule has 0 fully saturated rings. The Labute approximate surface area is 218 Å². The van der Waals surface area contributed by atoms with Crippen molar-refractivity contribution in [3.63, 3.8) is 0 Å². The molecule has 2 heterocycles. The summed E-state index contributed by atoms with van der Waals surface area (Å²) in [5.74, 6) is -0.112. The number of rotatable bonds is 12. The molecule has 2 aromatic heterocycles. The molecule has 0 aliphatic rings. The standard InChI is InChI=1S/C27H29F3N6O2/c1-17(9-10-28)36(37-2)20-6-4-19(5-7-20)24-16-33-27(31)26(34-24)25-14-23(35-38-25)21-8-3-18(13-22(21)30)15-32-12-11-29/h3-8,13-14,16-17,32H,9-12,15H2,1-2H3,(H2,31,33). The van der Waals surface area contributed by atoms with Gasteiger partial charge in [-0.15, -0.1) is 0 Å².